The number of nitrogens with two attached hydrogens (primary N) is 1. The van der Waals surface area contributed by atoms with E-state index in [0.29, 0.717) is 11.3 Å². The van der Waals surface area contributed by atoms with Gasteiger partial charge in [-0.15, -0.1) is 0 Å². The maximum Gasteiger partial charge on any atom is 0.135 e. The van der Waals surface area contributed by atoms with Gasteiger partial charge in [-0.25, -0.2) is 8.78 Å². The van der Waals surface area contributed by atoms with Crippen molar-refractivity contribution in [3.05, 3.63) is 65.2 Å². The molecule has 0 amide bonds. The summed E-state index contributed by atoms with van der Waals surface area (Å²) < 4.78 is 31.8. The average molecular weight is 273 g/mol. The van der Waals surface area contributed by atoms with Crippen LogP contribution in [0.25, 0.3) is 0 Å². The Hall–Kier alpha value is -2.38. The first-order chi connectivity index (χ1) is 9.70. The predicted molar refractivity (Wildman–Crippen MR) is 73.1 cm³/mol. The molecule has 0 unspecified atom stereocenters. The highest BCUT2D eigenvalue weighted by Gasteiger charge is 2.06. The second-order valence-corrected chi connectivity index (χ2v) is 4.03. The molecule has 0 radical (unpaired) electrons. The summed E-state index contributed by atoms with van der Waals surface area (Å²) in [7, 11) is 0. The molecule has 0 saturated heterocycles. The van der Waals surface area contributed by atoms with Gasteiger partial charge < -0.3 is 10.5 Å². The lowest BCUT2D eigenvalue weighted by molar-refractivity contribution is 0.298. The van der Waals surface area contributed by atoms with E-state index in [0.717, 1.165) is 6.07 Å². The normalized spacial score (nSPS) is 9.75. The molecule has 0 saturated carbocycles. The van der Waals surface area contributed by atoms with Gasteiger partial charge in [0.05, 0.1) is 12.1 Å². The maximum absolute atomic E-state index is 13.5. The molecule has 2 nitrogen and oxygen atoms in total. The van der Waals surface area contributed by atoms with Gasteiger partial charge in [0.25, 0.3) is 0 Å². The molecule has 0 fully saturated rings. The molecule has 0 aliphatic rings. The molecule has 4 heteroatoms. The summed E-state index contributed by atoms with van der Waals surface area (Å²) in [6.07, 6.45) is 0. The van der Waals surface area contributed by atoms with Gasteiger partial charge in [0.15, 0.2) is 0 Å². The average Bonchev–Trinajstić information content (AvgIpc) is 2.45. The first kappa shape index (κ1) is 14.0. The van der Waals surface area contributed by atoms with Crippen LogP contribution < -0.4 is 10.5 Å². The van der Waals surface area contributed by atoms with Gasteiger partial charge in [-0.2, -0.15) is 0 Å². The molecule has 2 rings (SSSR count). The van der Waals surface area contributed by atoms with Crippen LogP contribution in [-0.4, -0.2) is 6.54 Å². The summed E-state index contributed by atoms with van der Waals surface area (Å²) in [4.78, 5) is 0. The Labute approximate surface area is 116 Å². The minimum Gasteiger partial charge on any atom is -0.487 e. The van der Waals surface area contributed by atoms with Crippen molar-refractivity contribution >= 4 is 0 Å². The largest absolute Gasteiger partial charge is 0.487 e. The Bertz CT molecular complexity index is 659. The molecule has 0 aromatic heterocycles. The summed E-state index contributed by atoms with van der Waals surface area (Å²) in [5, 5.41) is 0. The molecule has 2 aromatic carbocycles. The summed E-state index contributed by atoms with van der Waals surface area (Å²) >= 11 is 0. The van der Waals surface area contributed by atoms with Crippen LogP contribution in [0.1, 0.15) is 11.1 Å². The minimum atomic E-state index is -0.629. The van der Waals surface area contributed by atoms with Gasteiger partial charge in [-0.05, 0) is 24.3 Å². The summed E-state index contributed by atoms with van der Waals surface area (Å²) in [6, 6.07) is 10.5. The third kappa shape index (κ3) is 3.56. The van der Waals surface area contributed by atoms with Crippen LogP contribution in [-0.2, 0) is 6.61 Å². The van der Waals surface area contributed by atoms with Gasteiger partial charge in [0.1, 0.15) is 24.0 Å². The van der Waals surface area contributed by atoms with Gasteiger partial charge in [0.2, 0.25) is 0 Å². The smallest absolute Gasteiger partial charge is 0.135 e. The zero-order chi connectivity index (χ0) is 14.4. The topological polar surface area (TPSA) is 35.2 Å². The van der Waals surface area contributed by atoms with Crippen molar-refractivity contribution in [1.29, 1.82) is 0 Å². The predicted octanol–water partition coefficient (Wildman–Crippen LogP) is 2.85. The van der Waals surface area contributed by atoms with E-state index >= 15 is 0 Å². The van der Waals surface area contributed by atoms with E-state index in [-0.39, 0.29) is 18.7 Å². The molecule has 20 heavy (non-hydrogen) atoms. The summed E-state index contributed by atoms with van der Waals surface area (Å²) in [5.41, 5.74) is 6.29. The van der Waals surface area contributed by atoms with Gasteiger partial charge >= 0.3 is 0 Å². The van der Waals surface area contributed by atoms with Crippen LogP contribution in [0.5, 0.6) is 5.75 Å². The number of rotatable bonds is 3. The fourth-order valence-electron chi connectivity index (χ4n) is 1.64. The third-order valence-electron chi connectivity index (χ3n) is 2.61. The van der Waals surface area contributed by atoms with E-state index in [1.807, 2.05) is 6.07 Å². The van der Waals surface area contributed by atoms with E-state index in [4.69, 9.17) is 10.5 Å². The lowest BCUT2D eigenvalue weighted by Crippen LogP contribution is -2.00. The molecule has 0 atom stereocenters. The lowest BCUT2D eigenvalue weighted by atomic mass is 10.2. The third-order valence-corrected chi connectivity index (χ3v) is 2.61. The summed E-state index contributed by atoms with van der Waals surface area (Å²) in [6.45, 7) is 0.258. The van der Waals surface area contributed by atoms with Crippen molar-refractivity contribution in [3.63, 3.8) is 0 Å². The molecule has 2 N–H and O–H groups in total. The second-order valence-electron chi connectivity index (χ2n) is 4.03. The highest BCUT2D eigenvalue weighted by Crippen LogP contribution is 2.19. The lowest BCUT2D eigenvalue weighted by Gasteiger charge is -2.09. The van der Waals surface area contributed by atoms with Crippen molar-refractivity contribution in [2.24, 2.45) is 5.73 Å². The highest BCUT2D eigenvalue weighted by atomic mass is 19.1. The minimum absolute atomic E-state index is 0.00737. The van der Waals surface area contributed by atoms with Crippen molar-refractivity contribution in [1.82, 2.24) is 0 Å². The molecular weight excluding hydrogens is 260 g/mol. The first-order valence-electron chi connectivity index (χ1n) is 6.05. The van der Waals surface area contributed by atoms with Crippen molar-refractivity contribution < 1.29 is 13.5 Å². The van der Waals surface area contributed by atoms with E-state index in [1.165, 1.54) is 12.1 Å². The first-order valence-corrected chi connectivity index (χ1v) is 6.05. The fraction of sp³-hybridized carbons (Fsp3) is 0.125. The zero-order valence-electron chi connectivity index (χ0n) is 10.7. The number of benzene rings is 2. The van der Waals surface area contributed by atoms with Crippen LogP contribution in [0.3, 0.4) is 0 Å². The molecule has 0 spiro atoms. The Morgan fingerprint density at radius 1 is 1.10 bits per heavy atom. The van der Waals surface area contributed by atoms with Gasteiger partial charge in [-0.3, -0.25) is 0 Å². The van der Waals surface area contributed by atoms with Crippen molar-refractivity contribution in [2.75, 3.05) is 6.54 Å². The van der Waals surface area contributed by atoms with Crippen LogP contribution in [0, 0.1) is 23.5 Å². The highest BCUT2D eigenvalue weighted by molar-refractivity contribution is 5.46. The van der Waals surface area contributed by atoms with Crippen LogP contribution in [0.15, 0.2) is 42.5 Å². The molecule has 102 valence electrons. The van der Waals surface area contributed by atoms with E-state index in [9.17, 15) is 8.78 Å². The SMILES string of the molecule is NCC#Cc1ccccc1OCc1ccc(F)cc1F. The van der Waals surface area contributed by atoms with Gasteiger partial charge in [-0.1, -0.05) is 24.0 Å². The Balaban J connectivity index is 2.14. The fourth-order valence-corrected chi connectivity index (χ4v) is 1.64. The maximum atomic E-state index is 13.5. The Morgan fingerprint density at radius 2 is 1.90 bits per heavy atom. The second kappa shape index (κ2) is 6.69. The van der Waals surface area contributed by atoms with E-state index < -0.39 is 11.6 Å². The van der Waals surface area contributed by atoms with Gasteiger partial charge in [0, 0.05) is 11.6 Å². The van der Waals surface area contributed by atoms with Crippen molar-refractivity contribution in [3.8, 4) is 17.6 Å². The number of hydrogen-bond acceptors (Lipinski definition) is 2. The molecule has 0 aliphatic heterocycles. The summed E-state index contributed by atoms with van der Waals surface area (Å²) in [5.74, 6) is 4.91. The van der Waals surface area contributed by atoms with Crippen LogP contribution >= 0.6 is 0 Å². The molecule has 0 aliphatic carbocycles. The number of halogens is 2. The number of para-hydroxylation sites is 1. The van der Waals surface area contributed by atoms with E-state index in [1.54, 1.807) is 18.2 Å². The molecule has 0 heterocycles. The van der Waals surface area contributed by atoms with E-state index in [2.05, 4.69) is 11.8 Å². The number of ether oxygens (including phenoxy) is 1. The zero-order valence-corrected chi connectivity index (χ0v) is 10.7. The molecular formula is C16H13F2NO. The monoisotopic (exact) mass is 273 g/mol. The van der Waals surface area contributed by atoms with Crippen LogP contribution in [0.2, 0.25) is 0 Å². The Morgan fingerprint density at radius 3 is 2.65 bits per heavy atom. The standard InChI is InChI=1S/C16H13F2NO/c17-14-8-7-13(15(18)10-14)11-20-16-6-2-1-4-12(16)5-3-9-19/h1-2,4,6-8,10H,9,11,19H2. The molecule has 2 aromatic rings. The quantitative estimate of drug-likeness (QED) is 0.873. The molecule has 0 bridgehead atoms. The van der Waals surface area contributed by atoms with Crippen molar-refractivity contribution in [2.45, 2.75) is 6.61 Å². The Kier molecular flexibility index (Phi) is 4.70. The van der Waals surface area contributed by atoms with Crippen LogP contribution in [0.4, 0.5) is 8.78 Å². The number of hydrogen-bond donors (Lipinski definition) is 1.